The fourth-order valence-corrected chi connectivity index (χ4v) is 3.73. The maximum absolute atomic E-state index is 12.4. The Morgan fingerprint density at radius 3 is 1.72 bits per heavy atom. The van der Waals surface area contributed by atoms with E-state index in [-0.39, 0.29) is 0 Å². The topological polar surface area (TPSA) is 71.1 Å². The minimum atomic E-state index is -0.644. The Labute approximate surface area is 216 Å². The number of hydrogen-bond acceptors (Lipinski definition) is 6. The zero-order chi connectivity index (χ0) is 26.0. The number of ether oxygens (including phenoxy) is 4. The van der Waals surface area contributed by atoms with E-state index >= 15 is 0 Å². The zero-order valence-electron chi connectivity index (χ0n) is 22.1. The molecule has 0 saturated carbocycles. The van der Waals surface area contributed by atoms with Gasteiger partial charge in [-0.15, -0.1) is 0 Å². The first-order valence-electron chi connectivity index (χ1n) is 13.4. The van der Waals surface area contributed by atoms with E-state index in [1.165, 1.54) is 57.8 Å². The van der Waals surface area contributed by atoms with Crippen molar-refractivity contribution in [3.63, 3.8) is 0 Å². The molecule has 0 aliphatic carbocycles. The van der Waals surface area contributed by atoms with Crippen LogP contribution >= 0.6 is 0 Å². The van der Waals surface area contributed by atoms with E-state index in [2.05, 4.69) is 6.92 Å². The van der Waals surface area contributed by atoms with E-state index in [4.69, 9.17) is 18.9 Å². The van der Waals surface area contributed by atoms with Gasteiger partial charge in [0, 0.05) is 6.61 Å². The number of rotatable bonds is 18. The number of hydrogen-bond donors (Lipinski definition) is 0. The van der Waals surface area contributed by atoms with E-state index in [0.29, 0.717) is 30.3 Å². The molecule has 0 aromatic heterocycles. The molecule has 1 unspecified atom stereocenters. The van der Waals surface area contributed by atoms with Gasteiger partial charge in [0.2, 0.25) is 0 Å². The molecular weight excluding hydrogens is 456 g/mol. The van der Waals surface area contributed by atoms with Crippen LogP contribution in [0.4, 0.5) is 0 Å². The van der Waals surface area contributed by atoms with Crippen molar-refractivity contribution in [2.75, 3.05) is 13.2 Å². The largest absolute Gasteiger partial charge is 0.494 e. The van der Waals surface area contributed by atoms with Crippen LogP contribution in [0.1, 0.15) is 95.3 Å². The molecule has 0 bridgehead atoms. The monoisotopic (exact) mass is 498 g/mol. The molecular formula is C30H42O6. The standard InChI is InChI=1S/C30H42O6/c1-4-6-7-8-9-10-11-12-13-14-23-34-26-17-15-25(16-18-26)30(32)36-28-21-19-27(20-22-28)35-29(31)24(3)33-5-2/h15-22,24H,4-14,23H2,1-3H3. The summed E-state index contributed by atoms with van der Waals surface area (Å²) in [5.41, 5.74) is 0.433. The molecule has 0 radical (unpaired) electrons. The second-order valence-corrected chi connectivity index (χ2v) is 8.93. The lowest BCUT2D eigenvalue weighted by Gasteiger charge is -2.11. The Morgan fingerprint density at radius 2 is 1.17 bits per heavy atom. The molecule has 0 fully saturated rings. The number of carbonyl (C=O) groups excluding carboxylic acids is 2. The van der Waals surface area contributed by atoms with Gasteiger partial charge >= 0.3 is 11.9 Å². The second-order valence-electron chi connectivity index (χ2n) is 8.93. The van der Waals surface area contributed by atoms with Gasteiger partial charge in [0.15, 0.2) is 6.10 Å². The van der Waals surface area contributed by atoms with E-state index in [1.807, 2.05) is 6.92 Å². The molecule has 0 saturated heterocycles. The van der Waals surface area contributed by atoms with Gasteiger partial charge < -0.3 is 18.9 Å². The minimum Gasteiger partial charge on any atom is -0.494 e. The highest BCUT2D eigenvalue weighted by Crippen LogP contribution is 2.20. The summed E-state index contributed by atoms with van der Waals surface area (Å²) >= 11 is 0. The molecule has 2 aromatic carbocycles. The number of unbranched alkanes of at least 4 members (excludes halogenated alkanes) is 9. The molecule has 198 valence electrons. The molecule has 2 rings (SSSR count). The smallest absolute Gasteiger partial charge is 0.343 e. The lowest BCUT2D eigenvalue weighted by molar-refractivity contribution is -0.145. The van der Waals surface area contributed by atoms with Crippen molar-refractivity contribution in [2.24, 2.45) is 0 Å². The summed E-state index contributed by atoms with van der Waals surface area (Å²) in [7, 11) is 0. The van der Waals surface area contributed by atoms with Gasteiger partial charge in [-0.2, -0.15) is 0 Å². The van der Waals surface area contributed by atoms with Crippen LogP contribution in [-0.4, -0.2) is 31.3 Å². The molecule has 6 heteroatoms. The van der Waals surface area contributed by atoms with Crippen molar-refractivity contribution >= 4 is 11.9 Å². The van der Waals surface area contributed by atoms with Crippen LogP contribution in [-0.2, 0) is 9.53 Å². The van der Waals surface area contributed by atoms with E-state index in [0.717, 1.165) is 12.2 Å². The molecule has 0 aliphatic heterocycles. The van der Waals surface area contributed by atoms with Crippen molar-refractivity contribution in [3.05, 3.63) is 54.1 Å². The molecule has 6 nitrogen and oxygen atoms in total. The average molecular weight is 499 g/mol. The Morgan fingerprint density at radius 1 is 0.667 bits per heavy atom. The van der Waals surface area contributed by atoms with Crippen LogP contribution in [0.3, 0.4) is 0 Å². The lowest BCUT2D eigenvalue weighted by atomic mass is 10.1. The molecule has 1 atom stereocenters. The lowest BCUT2D eigenvalue weighted by Crippen LogP contribution is -2.25. The first-order chi connectivity index (χ1) is 17.5. The van der Waals surface area contributed by atoms with Crippen LogP contribution in [0.25, 0.3) is 0 Å². The highest BCUT2D eigenvalue weighted by Gasteiger charge is 2.15. The summed E-state index contributed by atoms with van der Waals surface area (Å²) in [4.78, 5) is 24.4. The fourth-order valence-electron chi connectivity index (χ4n) is 3.73. The van der Waals surface area contributed by atoms with Crippen molar-refractivity contribution in [2.45, 2.75) is 91.1 Å². The average Bonchev–Trinajstić information content (AvgIpc) is 2.89. The Hall–Kier alpha value is -2.86. The highest BCUT2D eigenvalue weighted by atomic mass is 16.6. The van der Waals surface area contributed by atoms with Crippen molar-refractivity contribution in [1.29, 1.82) is 0 Å². The van der Waals surface area contributed by atoms with Crippen LogP contribution in [0.2, 0.25) is 0 Å². The number of esters is 2. The summed E-state index contributed by atoms with van der Waals surface area (Å²) in [5, 5.41) is 0. The number of benzene rings is 2. The Bertz CT molecular complexity index is 875. The van der Waals surface area contributed by atoms with Crippen molar-refractivity contribution in [3.8, 4) is 17.2 Å². The summed E-state index contributed by atoms with van der Waals surface area (Å²) in [6.07, 6.45) is 12.3. The van der Waals surface area contributed by atoms with Crippen LogP contribution in [0, 0.1) is 0 Å². The molecule has 0 spiro atoms. The fraction of sp³-hybridized carbons (Fsp3) is 0.533. The SMILES string of the molecule is CCCCCCCCCCCCOc1ccc(C(=O)Oc2ccc(OC(=O)C(C)OCC)cc2)cc1. The van der Waals surface area contributed by atoms with Gasteiger partial charge in [-0.3, -0.25) is 0 Å². The van der Waals surface area contributed by atoms with Crippen LogP contribution < -0.4 is 14.2 Å². The van der Waals surface area contributed by atoms with Gasteiger partial charge in [0.25, 0.3) is 0 Å². The van der Waals surface area contributed by atoms with Crippen molar-refractivity contribution in [1.82, 2.24) is 0 Å². The third kappa shape index (κ3) is 11.7. The van der Waals surface area contributed by atoms with Gasteiger partial charge in [-0.05, 0) is 68.8 Å². The predicted molar refractivity (Wildman–Crippen MR) is 142 cm³/mol. The maximum Gasteiger partial charge on any atom is 0.343 e. The normalized spacial score (nSPS) is 11.6. The predicted octanol–water partition coefficient (Wildman–Crippen LogP) is 7.54. The maximum atomic E-state index is 12.4. The van der Waals surface area contributed by atoms with E-state index in [1.54, 1.807) is 55.5 Å². The molecule has 0 heterocycles. The third-order valence-electron chi connectivity index (χ3n) is 5.86. The second kappa shape index (κ2) is 17.6. The summed E-state index contributed by atoms with van der Waals surface area (Å²) in [5.74, 6) is 0.521. The van der Waals surface area contributed by atoms with Gasteiger partial charge in [-0.1, -0.05) is 64.7 Å². The van der Waals surface area contributed by atoms with Gasteiger partial charge in [0.1, 0.15) is 17.2 Å². The van der Waals surface area contributed by atoms with Gasteiger partial charge in [0.05, 0.1) is 12.2 Å². The first-order valence-corrected chi connectivity index (χ1v) is 13.4. The van der Waals surface area contributed by atoms with Gasteiger partial charge in [-0.25, -0.2) is 9.59 Å². The van der Waals surface area contributed by atoms with E-state index in [9.17, 15) is 9.59 Å². The zero-order valence-corrected chi connectivity index (χ0v) is 22.1. The molecule has 0 aliphatic rings. The van der Waals surface area contributed by atoms with Crippen LogP contribution in [0.15, 0.2) is 48.5 Å². The molecule has 2 aromatic rings. The third-order valence-corrected chi connectivity index (χ3v) is 5.86. The summed E-state index contributed by atoms with van der Waals surface area (Å²) in [6, 6.07) is 13.3. The number of carbonyl (C=O) groups is 2. The summed E-state index contributed by atoms with van der Waals surface area (Å²) < 4.78 is 21.7. The van der Waals surface area contributed by atoms with Crippen LogP contribution in [0.5, 0.6) is 17.2 Å². The minimum absolute atomic E-state index is 0.357. The Kier molecular flexibility index (Phi) is 14.3. The molecule has 0 amide bonds. The highest BCUT2D eigenvalue weighted by molar-refractivity contribution is 5.91. The molecule has 0 N–H and O–H groups in total. The van der Waals surface area contributed by atoms with E-state index < -0.39 is 18.0 Å². The Balaban J connectivity index is 1.64. The molecule has 36 heavy (non-hydrogen) atoms. The summed E-state index contributed by atoms with van der Waals surface area (Å²) in [6.45, 7) is 6.81. The first kappa shape index (κ1) is 29.4. The quantitative estimate of drug-likeness (QED) is 0.120. The van der Waals surface area contributed by atoms with Crippen molar-refractivity contribution < 1.29 is 28.5 Å².